The molecule has 0 unspecified atom stereocenters. The molecule has 0 aliphatic heterocycles. The smallest absolute Gasteiger partial charge is 0.128 e. The SMILES string of the molecule is CCCNCc1nccn1Cc1cc(Cl)ccc1F. The highest BCUT2D eigenvalue weighted by Gasteiger charge is 2.07. The fourth-order valence-electron chi connectivity index (χ4n) is 1.88. The van der Waals surface area contributed by atoms with E-state index in [9.17, 15) is 4.39 Å². The second kappa shape index (κ2) is 6.68. The van der Waals surface area contributed by atoms with Crippen LogP contribution in [0.1, 0.15) is 24.7 Å². The zero-order chi connectivity index (χ0) is 13.7. The van der Waals surface area contributed by atoms with Crippen LogP contribution in [0.15, 0.2) is 30.6 Å². The van der Waals surface area contributed by atoms with E-state index in [4.69, 9.17) is 11.6 Å². The fraction of sp³-hybridized carbons (Fsp3) is 0.357. The minimum absolute atomic E-state index is 0.245. The molecule has 2 rings (SSSR count). The summed E-state index contributed by atoms with van der Waals surface area (Å²) in [5, 5.41) is 3.83. The molecule has 5 heteroatoms. The highest BCUT2D eigenvalue weighted by atomic mass is 35.5. The van der Waals surface area contributed by atoms with Gasteiger partial charge in [0.2, 0.25) is 0 Å². The molecular formula is C14H17ClFN3. The maximum atomic E-state index is 13.7. The normalized spacial score (nSPS) is 10.9. The fourth-order valence-corrected chi connectivity index (χ4v) is 2.07. The second-order valence-electron chi connectivity index (χ2n) is 4.38. The molecule has 0 aliphatic carbocycles. The molecular weight excluding hydrogens is 265 g/mol. The van der Waals surface area contributed by atoms with E-state index in [-0.39, 0.29) is 5.82 Å². The van der Waals surface area contributed by atoms with Gasteiger partial charge in [-0.05, 0) is 31.2 Å². The standard InChI is InChI=1S/C14H17ClFN3/c1-2-5-17-9-14-18-6-7-19(14)10-11-8-12(15)3-4-13(11)16/h3-4,6-8,17H,2,5,9-10H2,1H3. The van der Waals surface area contributed by atoms with Crippen molar-refractivity contribution >= 4 is 11.6 Å². The number of rotatable bonds is 6. The Labute approximate surface area is 117 Å². The van der Waals surface area contributed by atoms with Crippen LogP contribution in [0.25, 0.3) is 0 Å². The summed E-state index contributed by atoms with van der Waals surface area (Å²) in [4.78, 5) is 4.28. The van der Waals surface area contributed by atoms with Gasteiger partial charge in [-0.2, -0.15) is 0 Å². The van der Waals surface area contributed by atoms with Gasteiger partial charge in [-0.1, -0.05) is 18.5 Å². The highest BCUT2D eigenvalue weighted by Crippen LogP contribution is 2.16. The van der Waals surface area contributed by atoms with Gasteiger partial charge in [0.1, 0.15) is 11.6 Å². The molecule has 0 saturated carbocycles. The number of hydrogen-bond donors (Lipinski definition) is 1. The van der Waals surface area contributed by atoms with Gasteiger partial charge in [0.15, 0.2) is 0 Å². The first-order valence-corrected chi connectivity index (χ1v) is 6.73. The molecule has 1 aromatic heterocycles. The molecule has 0 saturated heterocycles. The summed E-state index contributed by atoms with van der Waals surface area (Å²) in [7, 11) is 0. The lowest BCUT2D eigenvalue weighted by atomic mass is 10.2. The van der Waals surface area contributed by atoms with Crippen LogP contribution in [-0.2, 0) is 13.1 Å². The topological polar surface area (TPSA) is 29.9 Å². The summed E-state index contributed by atoms with van der Waals surface area (Å²) in [6, 6.07) is 4.60. The maximum Gasteiger partial charge on any atom is 0.128 e. The molecule has 1 aromatic carbocycles. The molecule has 1 heterocycles. The van der Waals surface area contributed by atoms with Gasteiger partial charge in [0.05, 0.1) is 13.1 Å². The molecule has 19 heavy (non-hydrogen) atoms. The first kappa shape index (κ1) is 14.0. The van der Waals surface area contributed by atoms with E-state index in [0.717, 1.165) is 18.8 Å². The monoisotopic (exact) mass is 281 g/mol. The van der Waals surface area contributed by atoms with Crippen LogP contribution in [0.2, 0.25) is 5.02 Å². The Morgan fingerprint density at radius 3 is 3.05 bits per heavy atom. The predicted octanol–water partition coefficient (Wildman–Crippen LogP) is 3.22. The van der Waals surface area contributed by atoms with Crippen molar-refractivity contribution < 1.29 is 4.39 Å². The zero-order valence-corrected chi connectivity index (χ0v) is 11.6. The summed E-state index contributed by atoms with van der Waals surface area (Å²) < 4.78 is 15.6. The molecule has 0 spiro atoms. The van der Waals surface area contributed by atoms with Crippen molar-refractivity contribution in [1.29, 1.82) is 0 Å². The lowest BCUT2D eigenvalue weighted by Crippen LogP contribution is -2.18. The first-order chi connectivity index (χ1) is 9.20. The lowest BCUT2D eigenvalue weighted by molar-refractivity contribution is 0.581. The molecule has 2 aromatic rings. The van der Waals surface area contributed by atoms with Crippen molar-refractivity contribution in [2.45, 2.75) is 26.4 Å². The summed E-state index contributed by atoms with van der Waals surface area (Å²) in [5.41, 5.74) is 0.572. The minimum Gasteiger partial charge on any atom is -0.329 e. The largest absolute Gasteiger partial charge is 0.329 e. The zero-order valence-electron chi connectivity index (χ0n) is 10.9. The van der Waals surface area contributed by atoms with Gasteiger partial charge in [0.25, 0.3) is 0 Å². The van der Waals surface area contributed by atoms with E-state index in [0.29, 0.717) is 23.7 Å². The molecule has 1 N–H and O–H groups in total. The first-order valence-electron chi connectivity index (χ1n) is 6.35. The van der Waals surface area contributed by atoms with E-state index in [2.05, 4.69) is 17.2 Å². The highest BCUT2D eigenvalue weighted by molar-refractivity contribution is 6.30. The Morgan fingerprint density at radius 1 is 1.42 bits per heavy atom. The van der Waals surface area contributed by atoms with Crippen LogP contribution < -0.4 is 5.32 Å². The van der Waals surface area contributed by atoms with Gasteiger partial charge in [-0.15, -0.1) is 0 Å². The Bertz CT molecular complexity index is 539. The molecule has 0 amide bonds. The number of imidazole rings is 1. The number of hydrogen-bond acceptors (Lipinski definition) is 2. The molecule has 0 fully saturated rings. The van der Waals surface area contributed by atoms with Crippen molar-refractivity contribution in [3.05, 3.63) is 52.8 Å². The Morgan fingerprint density at radius 2 is 2.26 bits per heavy atom. The lowest BCUT2D eigenvalue weighted by Gasteiger charge is -2.09. The van der Waals surface area contributed by atoms with Crippen LogP contribution in [0.3, 0.4) is 0 Å². The summed E-state index contributed by atoms with van der Waals surface area (Å²) in [5.74, 6) is 0.651. The van der Waals surface area contributed by atoms with E-state index in [1.807, 2.05) is 10.8 Å². The van der Waals surface area contributed by atoms with Crippen LogP contribution in [0.5, 0.6) is 0 Å². The van der Waals surface area contributed by atoms with Crippen LogP contribution >= 0.6 is 11.6 Å². The third kappa shape index (κ3) is 3.78. The number of aromatic nitrogens is 2. The second-order valence-corrected chi connectivity index (χ2v) is 4.82. The Kier molecular flexibility index (Phi) is 4.93. The van der Waals surface area contributed by atoms with Crippen molar-refractivity contribution in [2.75, 3.05) is 6.54 Å². The molecule has 102 valence electrons. The third-order valence-electron chi connectivity index (χ3n) is 2.86. The average Bonchev–Trinajstić information content (AvgIpc) is 2.82. The summed E-state index contributed by atoms with van der Waals surface area (Å²) in [6.07, 6.45) is 4.65. The van der Waals surface area contributed by atoms with Crippen LogP contribution in [0, 0.1) is 5.82 Å². The summed E-state index contributed by atoms with van der Waals surface area (Å²) >= 11 is 5.90. The Hall–Kier alpha value is -1.39. The molecule has 0 radical (unpaired) electrons. The van der Waals surface area contributed by atoms with E-state index in [1.165, 1.54) is 6.07 Å². The van der Waals surface area contributed by atoms with Gasteiger partial charge in [-0.3, -0.25) is 0 Å². The van der Waals surface area contributed by atoms with Crippen LogP contribution in [0.4, 0.5) is 4.39 Å². The van der Waals surface area contributed by atoms with Gasteiger partial charge >= 0.3 is 0 Å². The van der Waals surface area contributed by atoms with Crippen molar-refractivity contribution in [2.24, 2.45) is 0 Å². The average molecular weight is 282 g/mol. The molecule has 0 atom stereocenters. The number of nitrogens with one attached hydrogen (secondary N) is 1. The quantitative estimate of drug-likeness (QED) is 0.824. The Balaban J connectivity index is 2.10. The van der Waals surface area contributed by atoms with Crippen molar-refractivity contribution in [1.82, 2.24) is 14.9 Å². The number of benzene rings is 1. The van der Waals surface area contributed by atoms with Crippen LogP contribution in [-0.4, -0.2) is 16.1 Å². The number of halogens is 2. The third-order valence-corrected chi connectivity index (χ3v) is 3.10. The van der Waals surface area contributed by atoms with E-state index >= 15 is 0 Å². The van der Waals surface area contributed by atoms with Gasteiger partial charge in [-0.25, -0.2) is 9.37 Å². The predicted molar refractivity (Wildman–Crippen MR) is 74.7 cm³/mol. The van der Waals surface area contributed by atoms with E-state index < -0.39 is 0 Å². The van der Waals surface area contributed by atoms with Gasteiger partial charge in [0, 0.05) is 23.0 Å². The molecule has 0 aliphatic rings. The summed E-state index contributed by atoms with van der Waals surface area (Å²) in [6.45, 7) is 4.18. The maximum absolute atomic E-state index is 13.7. The minimum atomic E-state index is -0.245. The molecule has 0 bridgehead atoms. The van der Waals surface area contributed by atoms with Crippen molar-refractivity contribution in [3.8, 4) is 0 Å². The number of nitrogens with zero attached hydrogens (tertiary/aromatic N) is 2. The van der Waals surface area contributed by atoms with Crippen molar-refractivity contribution in [3.63, 3.8) is 0 Å². The molecule has 3 nitrogen and oxygen atoms in total. The van der Waals surface area contributed by atoms with Gasteiger partial charge < -0.3 is 9.88 Å². The van der Waals surface area contributed by atoms with E-state index in [1.54, 1.807) is 18.3 Å².